The third-order valence-electron chi connectivity index (χ3n) is 3.80. The van der Waals surface area contributed by atoms with Crippen molar-refractivity contribution in [1.82, 2.24) is 9.66 Å². The number of aromatic nitrogens is 2. The first-order valence-corrected chi connectivity index (χ1v) is 9.01. The zero-order valence-electron chi connectivity index (χ0n) is 14.7. The number of nitrogens with one attached hydrogen (secondary N) is 1. The molecule has 1 amide bonds. The summed E-state index contributed by atoms with van der Waals surface area (Å²) in [4.78, 5) is 31.1. The molecule has 0 aliphatic heterocycles. The molecule has 0 fully saturated rings. The summed E-state index contributed by atoms with van der Waals surface area (Å²) in [6.07, 6.45) is 2.16. The van der Waals surface area contributed by atoms with Gasteiger partial charge in [-0.05, 0) is 37.6 Å². The van der Waals surface area contributed by atoms with Gasteiger partial charge in [0.05, 0.1) is 19.1 Å². The highest BCUT2D eigenvalue weighted by Crippen LogP contribution is 2.28. The number of hydrogen-bond acceptors (Lipinski definition) is 6. The topological polar surface area (TPSA) is 82.5 Å². The molecule has 0 unspecified atom stereocenters. The van der Waals surface area contributed by atoms with Gasteiger partial charge < -0.3 is 9.47 Å². The van der Waals surface area contributed by atoms with Crippen LogP contribution in [0.15, 0.2) is 35.4 Å². The smallest absolute Gasteiger partial charge is 0.280 e. The van der Waals surface area contributed by atoms with E-state index in [4.69, 9.17) is 9.47 Å². The third kappa shape index (κ3) is 3.41. The predicted molar refractivity (Wildman–Crippen MR) is 101 cm³/mol. The molecule has 26 heavy (non-hydrogen) atoms. The van der Waals surface area contributed by atoms with Crippen molar-refractivity contribution in [3.05, 3.63) is 51.4 Å². The minimum atomic E-state index is -0.444. The molecular formula is C18H19N3O4S. The Morgan fingerprint density at radius 2 is 2.08 bits per heavy atom. The Balaban J connectivity index is 1.89. The average Bonchev–Trinajstić information content (AvgIpc) is 3.08. The second-order valence-electron chi connectivity index (χ2n) is 5.44. The molecule has 0 spiro atoms. The second-order valence-corrected chi connectivity index (χ2v) is 6.56. The van der Waals surface area contributed by atoms with E-state index in [9.17, 15) is 9.59 Å². The number of fused-ring (bicyclic) bond motifs is 1. The first kappa shape index (κ1) is 17.9. The van der Waals surface area contributed by atoms with Crippen molar-refractivity contribution >= 4 is 27.5 Å². The highest BCUT2D eigenvalue weighted by molar-refractivity contribution is 7.18. The van der Waals surface area contributed by atoms with Crippen LogP contribution in [0.3, 0.4) is 0 Å². The zero-order chi connectivity index (χ0) is 18.7. The van der Waals surface area contributed by atoms with Crippen molar-refractivity contribution in [3.63, 3.8) is 0 Å². The molecule has 1 N–H and O–H groups in total. The predicted octanol–water partition coefficient (Wildman–Crippen LogP) is 2.81. The summed E-state index contributed by atoms with van der Waals surface area (Å²) in [5.41, 5.74) is 2.60. The molecule has 0 saturated heterocycles. The molecular weight excluding hydrogens is 354 g/mol. The molecule has 136 valence electrons. The third-order valence-corrected chi connectivity index (χ3v) is 4.99. The quantitative estimate of drug-likeness (QED) is 0.718. The number of benzene rings is 1. The van der Waals surface area contributed by atoms with E-state index in [1.807, 2.05) is 19.9 Å². The van der Waals surface area contributed by atoms with Gasteiger partial charge in [-0.25, -0.2) is 9.66 Å². The van der Waals surface area contributed by atoms with Crippen LogP contribution in [0, 0.1) is 0 Å². The number of thiophene rings is 1. The van der Waals surface area contributed by atoms with Gasteiger partial charge in [0.1, 0.15) is 11.2 Å². The molecule has 0 aliphatic rings. The molecule has 2 heterocycles. The molecule has 1 aromatic carbocycles. The summed E-state index contributed by atoms with van der Waals surface area (Å²) in [6, 6.07) is 6.66. The highest BCUT2D eigenvalue weighted by atomic mass is 32.1. The number of aryl methyl sites for hydroxylation is 1. The van der Waals surface area contributed by atoms with Crippen LogP contribution in [0.25, 0.3) is 10.2 Å². The Morgan fingerprint density at radius 1 is 1.27 bits per heavy atom. The van der Waals surface area contributed by atoms with Gasteiger partial charge in [-0.2, -0.15) is 0 Å². The average molecular weight is 373 g/mol. The number of amides is 1. The SMILES string of the molecule is CCOc1ccc(C(=O)Nn2cnc3sc(CC)cc3c2=O)cc1OC. The number of ether oxygens (including phenoxy) is 2. The lowest BCUT2D eigenvalue weighted by atomic mass is 10.2. The van der Waals surface area contributed by atoms with Gasteiger partial charge in [-0.15, -0.1) is 11.3 Å². The molecule has 7 nitrogen and oxygen atoms in total. The number of rotatable bonds is 6. The maximum Gasteiger partial charge on any atom is 0.280 e. The van der Waals surface area contributed by atoms with E-state index in [-0.39, 0.29) is 5.56 Å². The van der Waals surface area contributed by atoms with Crippen LogP contribution < -0.4 is 20.5 Å². The number of carbonyl (C=O) groups is 1. The summed E-state index contributed by atoms with van der Waals surface area (Å²) < 4.78 is 11.8. The minimum Gasteiger partial charge on any atom is -0.493 e. The molecule has 0 atom stereocenters. The van der Waals surface area contributed by atoms with E-state index in [0.29, 0.717) is 33.9 Å². The summed E-state index contributed by atoms with van der Waals surface area (Å²) >= 11 is 1.48. The van der Waals surface area contributed by atoms with E-state index in [1.54, 1.807) is 18.2 Å². The Hall–Kier alpha value is -2.87. The van der Waals surface area contributed by atoms with Gasteiger partial charge in [-0.3, -0.25) is 15.0 Å². The van der Waals surface area contributed by atoms with Crippen LogP contribution in [-0.4, -0.2) is 29.3 Å². The Kier molecular flexibility index (Phi) is 5.22. The van der Waals surface area contributed by atoms with Gasteiger partial charge in [0, 0.05) is 10.4 Å². The summed E-state index contributed by atoms with van der Waals surface area (Å²) in [7, 11) is 1.50. The summed E-state index contributed by atoms with van der Waals surface area (Å²) in [5.74, 6) is 0.559. The molecule has 0 aliphatic carbocycles. The largest absolute Gasteiger partial charge is 0.493 e. The van der Waals surface area contributed by atoms with Crippen LogP contribution >= 0.6 is 11.3 Å². The Labute approximate surface area is 154 Å². The zero-order valence-corrected chi connectivity index (χ0v) is 15.6. The van der Waals surface area contributed by atoms with Crippen LogP contribution in [0.4, 0.5) is 0 Å². The van der Waals surface area contributed by atoms with E-state index >= 15 is 0 Å². The lowest BCUT2D eigenvalue weighted by Gasteiger charge is -2.11. The maximum absolute atomic E-state index is 12.6. The van der Waals surface area contributed by atoms with Crippen LogP contribution in [-0.2, 0) is 6.42 Å². The van der Waals surface area contributed by atoms with Crippen molar-refractivity contribution in [1.29, 1.82) is 0 Å². The van der Waals surface area contributed by atoms with Crippen LogP contribution in [0.5, 0.6) is 11.5 Å². The van der Waals surface area contributed by atoms with E-state index in [0.717, 1.165) is 16.0 Å². The maximum atomic E-state index is 12.6. The summed E-state index contributed by atoms with van der Waals surface area (Å²) in [5, 5.41) is 0.499. The lowest BCUT2D eigenvalue weighted by molar-refractivity contribution is 0.101. The second kappa shape index (κ2) is 7.57. The van der Waals surface area contributed by atoms with Crippen LogP contribution in [0.1, 0.15) is 29.1 Å². The number of hydrogen-bond donors (Lipinski definition) is 1. The number of methoxy groups -OCH3 is 1. The van der Waals surface area contributed by atoms with Crippen molar-refractivity contribution in [2.24, 2.45) is 0 Å². The normalized spacial score (nSPS) is 10.7. The molecule has 2 aromatic heterocycles. The minimum absolute atomic E-state index is 0.308. The molecule has 0 radical (unpaired) electrons. The first-order chi connectivity index (χ1) is 12.6. The van der Waals surface area contributed by atoms with Gasteiger partial charge in [0.15, 0.2) is 11.5 Å². The molecule has 3 aromatic rings. The van der Waals surface area contributed by atoms with Crippen molar-refractivity contribution in [2.75, 3.05) is 19.1 Å². The number of carbonyl (C=O) groups excluding carboxylic acids is 1. The molecule has 8 heteroatoms. The van der Waals surface area contributed by atoms with E-state index < -0.39 is 5.91 Å². The van der Waals surface area contributed by atoms with Gasteiger partial charge in [-0.1, -0.05) is 6.92 Å². The monoisotopic (exact) mass is 373 g/mol. The van der Waals surface area contributed by atoms with Gasteiger partial charge >= 0.3 is 0 Å². The van der Waals surface area contributed by atoms with Crippen molar-refractivity contribution < 1.29 is 14.3 Å². The standard InChI is InChI=1S/C18H19N3O4S/c1-4-12-9-13-17(26-12)19-10-21(18(13)23)20-16(22)11-6-7-14(25-5-2)15(8-11)24-3/h6-10H,4-5H2,1-3H3,(H,20,22). The van der Waals surface area contributed by atoms with Gasteiger partial charge in [0.25, 0.3) is 11.5 Å². The van der Waals surface area contributed by atoms with E-state index in [1.165, 1.54) is 24.8 Å². The van der Waals surface area contributed by atoms with Crippen LogP contribution in [0.2, 0.25) is 0 Å². The van der Waals surface area contributed by atoms with E-state index in [2.05, 4.69) is 10.4 Å². The van der Waals surface area contributed by atoms with Gasteiger partial charge in [0.2, 0.25) is 0 Å². The number of nitrogens with zero attached hydrogens (tertiary/aromatic N) is 2. The Bertz CT molecular complexity index is 1010. The molecule has 3 rings (SSSR count). The molecule has 0 saturated carbocycles. The Morgan fingerprint density at radius 3 is 2.77 bits per heavy atom. The molecule has 0 bridgehead atoms. The summed E-state index contributed by atoms with van der Waals surface area (Å²) in [6.45, 7) is 4.37. The highest BCUT2D eigenvalue weighted by Gasteiger charge is 2.14. The fourth-order valence-corrected chi connectivity index (χ4v) is 3.41. The fourth-order valence-electron chi connectivity index (χ4n) is 2.48. The van der Waals surface area contributed by atoms with Crippen molar-refractivity contribution in [3.8, 4) is 11.5 Å². The fraction of sp³-hybridized carbons (Fsp3) is 0.278. The van der Waals surface area contributed by atoms with Crippen molar-refractivity contribution in [2.45, 2.75) is 20.3 Å². The first-order valence-electron chi connectivity index (χ1n) is 8.19. The lowest BCUT2D eigenvalue weighted by Crippen LogP contribution is -2.33.